The molecule has 4 nitrogen and oxygen atoms in total. The van der Waals surface area contributed by atoms with Crippen molar-refractivity contribution in [1.82, 2.24) is 14.5 Å². The summed E-state index contributed by atoms with van der Waals surface area (Å²) in [5.74, 6) is 0.879. The molecule has 84 valence electrons. The Morgan fingerprint density at radius 1 is 1.35 bits per heavy atom. The summed E-state index contributed by atoms with van der Waals surface area (Å²) < 4.78 is 2.17. The lowest BCUT2D eigenvalue weighted by atomic mass is 10.1. The van der Waals surface area contributed by atoms with Crippen molar-refractivity contribution in [1.29, 1.82) is 5.26 Å². The van der Waals surface area contributed by atoms with Gasteiger partial charge in [-0.3, -0.25) is 4.98 Å². The summed E-state index contributed by atoms with van der Waals surface area (Å²) in [6.07, 6.45) is 6.80. The Kier molecular flexibility index (Phi) is 2.37. The molecule has 4 heteroatoms. The number of nitriles is 1. The minimum atomic E-state index is 0.573. The molecule has 0 radical (unpaired) electrons. The predicted octanol–water partition coefficient (Wildman–Crippen LogP) is 2.15. The number of hydrogen-bond acceptors (Lipinski definition) is 3. The largest absolute Gasteiger partial charge is 0.327 e. The first-order valence-electron chi connectivity index (χ1n) is 5.80. The van der Waals surface area contributed by atoms with Crippen molar-refractivity contribution in [2.24, 2.45) is 0 Å². The fraction of sp³-hybridized carbons (Fsp3) is 0.308. The van der Waals surface area contributed by atoms with E-state index in [-0.39, 0.29) is 0 Å². The Bertz CT molecular complexity index is 577. The molecule has 3 heterocycles. The third-order valence-corrected chi connectivity index (χ3v) is 3.14. The van der Waals surface area contributed by atoms with E-state index in [1.54, 1.807) is 12.4 Å². The summed E-state index contributed by atoms with van der Waals surface area (Å²) in [5.41, 5.74) is 2.64. The lowest BCUT2D eigenvalue weighted by Crippen LogP contribution is -2.11. The highest BCUT2D eigenvalue weighted by Gasteiger charge is 2.20. The summed E-state index contributed by atoms with van der Waals surface area (Å²) in [7, 11) is 0. The van der Waals surface area contributed by atoms with Gasteiger partial charge in [-0.15, -0.1) is 0 Å². The van der Waals surface area contributed by atoms with Gasteiger partial charge in [0.1, 0.15) is 11.9 Å². The van der Waals surface area contributed by atoms with Crippen molar-refractivity contribution in [3.05, 3.63) is 35.9 Å². The van der Waals surface area contributed by atoms with Crippen LogP contribution in [0.5, 0.6) is 0 Å². The van der Waals surface area contributed by atoms with E-state index in [0.717, 1.165) is 42.9 Å². The van der Waals surface area contributed by atoms with E-state index in [0.29, 0.717) is 5.69 Å². The van der Waals surface area contributed by atoms with Crippen LogP contribution < -0.4 is 0 Å². The molecule has 0 atom stereocenters. The summed E-state index contributed by atoms with van der Waals surface area (Å²) in [5, 5.41) is 9.11. The van der Waals surface area contributed by atoms with Crippen LogP contribution in [0.15, 0.2) is 24.5 Å². The van der Waals surface area contributed by atoms with Gasteiger partial charge in [0, 0.05) is 24.5 Å². The highest BCUT2D eigenvalue weighted by molar-refractivity contribution is 5.57. The summed E-state index contributed by atoms with van der Waals surface area (Å²) in [6.45, 7) is 0.953. The normalized spacial score (nSPS) is 14.1. The zero-order chi connectivity index (χ0) is 11.7. The van der Waals surface area contributed by atoms with Gasteiger partial charge in [0.15, 0.2) is 5.69 Å². The van der Waals surface area contributed by atoms with E-state index >= 15 is 0 Å². The molecule has 17 heavy (non-hydrogen) atoms. The van der Waals surface area contributed by atoms with Crippen LogP contribution in [-0.4, -0.2) is 14.5 Å². The highest BCUT2D eigenvalue weighted by Crippen LogP contribution is 2.26. The molecule has 0 bridgehead atoms. The molecule has 0 fully saturated rings. The Balaban J connectivity index is 2.18. The van der Waals surface area contributed by atoms with Crippen LogP contribution in [0.25, 0.3) is 11.4 Å². The maximum atomic E-state index is 9.11. The molecule has 0 N–H and O–H groups in total. The fourth-order valence-electron chi connectivity index (χ4n) is 2.35. The zero-order valence-electron chi connectivity index (χ0n) is 9.43. The number of nitrogens with zero attached hydrogens (tertiary/aromatic N) is 4. The second-order valence-electron chi connectivity index (χ2n) is 4.19. The van der Waals surface area contributed by atoms with Gasteiger partial charge in [-0.1, -0.05) is 0 Å². The quantitative estimate of drug-likeness (QED) is 0.745. The van der Waals surface area contributed by atoms with Crippen molar-refractivity contribution in [3.8, 4) is 17.5 Å². The fourth-order valence-corrected chi connectivity index (χ4v) is 2.35. The minimum absolute atomic E-state index is 0.573. The van der Waals surface area contributed by atoms with Gasteiger partial charge < -0.3 is 4.57 Å². The Labute approximate surface area is 99.6 Å². The smallest absolute Gasteiger partial charge is 0.162 e. The standard InChI is InChI=1S/C13H12N4/c14-8-11-12-5-1-2-7-17(12)13(16-11)10-4-3-6-15-9-10/h3-4,6,9H,1-2,5,7H2. The molecule has 0 saturated heterocycles. The second-order valence-corrected chi connectivity index (χ2v) is 4.19. The maximum Gasteiger partial charge on any atom is 0.162 e. The first kappa shape index (κ1) is 10.0. The second kappa shape index (κ2) is 4.02. The van der Waals surface area contributed by atoms with Gasteiger partial charge in [-0.2, -0.15) is 5.26 Å². The molecular formula is C13H12N4. The molecule has 1 aliphatic heterocycles. The first-order chi connectivity index (χ1) is 8.40. The zero-order valence-corrected chi connectivity index (χ0v) is 9.43. The Hall–Kier alpha value is -2.15. The molecule has 0 unspecified atom stereocenters. The van der Waals surface area contributed by atoms with Gasteiger partial charge in [0.25, 0.3) is 0 Å². The average molecular weight is 224 g/mol. The molecule has 0 saturated carbocycles. The Morgan fingerprint density at radius 3 is 3.06 bits per heavy atom. The monoisotopic (exact) mass is 224 g/mol. The van der Waals surface area contributed by atoms with E-state index in [4.69, 9.17) is 5.26 Å². The SMILES string of the molecule is N#Cc1nc(-c2cccnc2)n2c1CCCC2. The number of fused-ring (bicyclic) bond motifs is 1. The Morgan fingerprint density at radius 2 is 2.29 bits per heavy atom. The van der Waals surface area contributed by atoms with Gasteiger partial charge >= 0.3 is 0 Å². The van der Waals surface area contributed by atoms with Crippen molar-refractivity contribution < 1.29 is 0 Å². The van der Waals surface area contributed by atoms with Crippen LogP contribution in [0.2, 0.25) is 0 Å². The summed E-state index contributed by atoms with van der Waals surface area (Å²) >= 11 is 0. The van der Waals surface area contributed by atoms with Crippen LogP contribution in [0.4, 0.5) is 0 Å². The van der Waals surface area contributed by atoms with Crippen molar-refractivity contribution >= 4 is 0 Å². The molecule has 1 aliphatic rings. The molecular weight excluding hydrogens is 212 g/mol. The van der Waals surface area contributed by atoms with Gasteiger partial charge in [0.05, 0.1) is 5.69 Å². The van der Waals surface area contributed by atoms with Crippen LogP contribution in [0, 0.1) is 11.3 Å². The lowest BCUT2D eigenvalue weighted by molar-refractivity contribution is 0.535. The number of imidazole rings is 1. The number of aromatic nitrogens is 3. The van der Waals surface area contributed by atoms with Gasteiger partial charge in [-0.05, 0) is 31.4 Å². The van der Waals surface area contributed by atoms with Crippen LogP contribution in [-0.2, 0) is 13.0 Å². The average Bonchev–Trinajstić information content (AvgIpc) is 2.78. The summed E-state index contributed by atoms with van der Waals surface area (Å²) in [6, 6.07) is 6.07. The molecule has 0 spiro atoms. The third-order valence-electron chi connectivity index (χ3n) is 3.14. The molecule has 3 rings (SSSR count). The van der Waals surface area contributed by atoms with E-state index in [2.05, 4.69) is 20.6 Å². The number of hydrogen-bond donors (Lipinski definition) is 0. The lowest BCUT2D eigenvalue weighted by Gasteiger charge is -2.16. The van der Waals surface area contributed by atoms with Gasteiger partial charge in [0.2, 0.25) is 0 Å². The third kappa shape index (κ3) is 1.60. The van der Waals surface area contributed by atoms with Crippen LogP contribution in [0.3, 0.4) is 0 Å². The highest BCUT2D eigenvalue weighted by atomic mass is 15.1. The van der Waals surface area contributed by atoms with E-state index in [9.17, 15) is 0 Å². The van der Waals surface area contributed by atoms with E-state index in [1.807, 2.05) is 12.1 Å². The predicted molar refractivity (Wildman–Crippen MR) is 63.1 cm³/mol. The first-order valence-corrected chi connectivity index (χ1v) is 5.80. The van der Waals surface area contributed by atoms with Crippen molar-refractivity contribution in [2.45, 2.75) is 25.8 Å². The maximum absolute atomic E-state index is 9.11. The van der Waals surface area contributed by atoms with Crippen molar-refractivity contribution in [2.75, 3.05) is 0 Å². The molecule has 0 aliphatic carbocycles. The van der Waals surface area contributed by atoms with Crippen molar-refractivity contribution in [3.63, 3.8) is 0 Å². The molecule has 2 aromatic rings. The molecule has 0 amide bonds. The van der Waals surface area contributed by atoms with Crippen LogP contribution in [0.1, 0.15) is 24.2 Å². The van der Waals surface area contributed by atoms with E-state index < -0.39 is 0 Å². The van der Waals surface area contributed by atoms with Crippen LogP contribution >= 0.6 is 0 Å². The number of pyridine rings is 1. The van der Waals surface area contributed by atoms with E-state index in [1.165, 1.54) is 0 Å². The molecule has 0 aromatic carbocycles. The minimum Gasteiger partial charge on any atom is -0.327 e. The molecule has 2 aromatic heterocycles. The van der Waals surface area contributed by atoms with Gasteiger partial charge in [-0.25, -0.2) is 4.98 Å². The summed E-state index contributed by atoms with van der Waals surface area (Å²) in [4.78, 5) is 8.55. The topological polar surface area (TPSA) is 54.5 Å². The number of rotatable bonds is 1.